The van der Waals surface area contributed by atoms with Gasteiger partial charge in [0.2, 0.25) is 5.78 Å². The highest BCUT2D eigenvalue weighted by atomic mass is 16.7. The zero-order valence-electron chi connectivity index (χ0n) is 23.1. The molecule has 4 rings (SSSR count). The van der Waals surface area contributed by atoms with E-state index in [4.69, 9.17) is 43.7 Å². The molecule has 0 aromatic carbocycles. The molecule has 0 unspecified atom stereocenters. The van der Waals surface area contributed by atoms with Crippen LogP contribution in [-0.4, -0.2) is 114 Å². The van der Waals surface area contributed by atoms with Crippen LogP contribution in [0.2, 0.25) is 0 Å². The molecule has 0 atom stereocenters. The van der Waals surface area contributed by atoms with Crippen molar-refractivity contribution in [2.45, 2.75) is 5.79 Å². The van der Waals surface area contributed by atoms with Crippen molar-refractivity contribution in [3.63, 3.8) is 0 Å². The summed E-state index contributed by atoms with van der Waals surface area (Å²) >= 11 is 0. The Bertz CT molecular complexity index is 1300. The summed E-state index contributed by atoms with van der Waals surface area (Å²) in [4.78, 5) is 64.0. The molecule has 228 valence electrons. The molecule has 1 spiro atoms. The van der Waals surface area contributed by atoms with Crippen molar-refractivity contribution >= 4 is 23.6 Å². The van der Waals surface area contributed by atoms with Crippen LogP contribution in [0.1, 0.15) is 47.4 Å². The Labute approximate surface area is 240 Å². The van der Waals surface area contributed by atoms with Crippen LogP contribution in [0.25, 0.3) is 11.3 Å². The fourth-order valence-corrected chi connectivity index (χ4v) is 4.35. The van der Waals surface area contributed by atoms with Gasteiger partial charge in [0, 0.05) is 17.7 Å². The number of nitrogens with two attached hydrogens (primary N) is 1. The summed E-state index contributed by atoms with van der Waals surface area (Å²) in [5, 5.41) is 0. The van der Waals surface area contributed by atoms with Crippen LogP contribution < -0.4 is 11.2 Å². The van der Waals surface area contributed by atoms with Crippen molar-refractivity contribution in [2.24, 2.45) is 5.73 Å². The summed E-state index contributed by atoms with van der Waals surface area (Å²) < 4.78 is 37.0. The van der Waals surface area contributed by atoms with E-state index in [0.717, 1.165) is 13.2 Å². The summed E-state index contributed by atoms with van der Waals surface area (Å²) in [6, 6.07) is 2.51. The number of carbonyl (C=O) groups is 4. The first-order valence-electron chi connectivity index (χ1n) is 13.0. The van der Waals surface area contributed by atoms with Crippen LogP contribution >= 0.6 is 0 Å². The second kappa shape index (κ2) is 14.4. The van der Waals surface area contributed by atoms with Gasteiger partial charge in [-0.15, -0.1) is 0 Å². The number of ether oxygens (including phenoxy) is 7. The van der Waals surface area contributed by atoms with E-state index >= 15 is 0 Å². The lowest BCUT2D eigenvalue weighted by Crippen LogP contribution is -2.41. The smallest absolute Gasteiger partial charge is 0.354 e. The predicted octanol–water partition coefficient (Wildman–Crippen LogP) is -0.284. The number of amides is 1. The van der Waals surface area contributed by atoms with E-state index in [2.05, 4.69) is 15.4 Å². The summed E-state index contributed by atoms with van der Waals surface area (Å²) in [6.07, 6.45) is 0. The lowest BCUT2D eigenvalue weighted by molar-refractivity contribution is -0.126. The van der Waals surface area contributed by atoms with Gasteiger partial charge in [-0.1, -0.05) is 0 Å². The summed E-state index contributed by atoms with van der Waals surface area (Å²) in [5.41, 5.74) is 7.08. The third-order valence-electron chi connectivity index (χ3n) is 6.19. The number of rotatable bonds is 15. The third-order valence-corrected chi connectivity index (χ3v) is 6.19. The number of ketones is 1. The van der Waals surface area contributed by atoms with Gasteiger partial charge in [0.15, 0.2) is 0 Å². The number of methoxy groups -OCH3 is 2. The van der Waals surface area contributed by atoms with E-state index in [9.17, 15) is 19.2 Å². The van der Waals surface area contributed by atoms with Crippen molar-refractivity contribution < 1.29 is 57.2 Å². The van der Waals surface area contributed by atoms with Gasteiger partial charge >= 0.3 is 11.9 Å². The first kappa shape index (κ1) is 31.2. The molecule has 1 aliphatic heterocycles. The van der Waals surface area contributed by atoms with Crippen LogP contribution in [0.3, 0.4) is 0 Å². The van der Waals surface area contributed by atoms with Gasteiger partial charge in [0.05, 0.1) is 84.9 Å². The molecule has 2 aliphatic rings. The third kappa shape index (κ3) is 6.49. The Balaban J connectivity index is 1.47. The molecular weight excluding hydrogens is 560 g/mol. The Morgan fingerprint density at radius 1 is 0.952 bits per heavy atom. The average molecular weight is 593 g/mol. The summed E-state index contributed by atoms with van der Waals surface area (Å²) in [5.74, 6) is -5.12. The highest BCUT2D eigenvalue weighted by molar-refractivity contribution is 6.15. The van der Waals surface area contributed by atoms with Crippen LogP contribution in [0.15, 0.2) is 12.1 Å². The second-order valence-corrected chi connectivity index (χ2v) is 8.78. The van der Waals surface area contributed by atoms with Gasteiger partial charge in [0.25, 0.3) is 11.7 Å². The maximum absolute atomic E-state index is 13.8. The molecule has 16 heteroatoms. The van der Waals surface area contributed by atoms with Gasteiger partial charge in [-0.25, -0.2) is 20.1 Å². The number of hydrogen-bond donors (Lipinski definition) is 3. The number of carbonyl (C=O) groups excluding carboxylic acids is 4. The number of nitrogens with zero attached hydrogens (tertiary/aromatic N) is 1. The molecule has 1 fully saturated rings. The normalized spacial score (nSPS) is 14.9. The molecule has 1 aliphatic carbocycles. The fourth-order valence-electron chi connectivity index (χ4n) is 4.35. The number of pyridine rings is 1. The number of aromatic nitrogens is 2. The average Bonchev–Trinajstić information content (AvgIpc) is 3.68. The molecule has 2 aromatic heterocycles. The van der Waals surface area contributed by atoms with E-state index in [0.29, 0.717) is 39.6 Å². The van der Waals surface area contributed by atoms with Crippen molar-refractivity contribution in [1.29, 1.82) is 0 Å². The van der Waals surface area contributed by atoms with E-state index in [1.165, 1.54) is 13.2 Å². The van der Waals surface area contributed by atoms with Crippen LogP contribution in [0.5, 0.6) is 0 Å². The quantitative estimate of drug-likeness (QED) is 0.138. The molecule has 3 heterocycles. The molecule has 4 N–H and O–H groups in total. The number of nitrogens with one attached hydrogen (secondary N) is 2. The number of hydrogen-bond acceptors (Lipinski definition) is 14. The minimum Gasteiger partial charge on any atom is -0.465 e. The molecule has 0 saturated carbocycles. The monoisotopic (exact) mass is 592 g/mol. The van der Waals surface area contributed by atoms with E-state index in [1.54, 1.807) is 0 Å². The maximum Gasteiger partial charge on any atom is 0.354 e. The molecule has 16 nitrogen and oxygen atoms in total. The zero-order chi connectivity index (χ0) is 30.1. The Morgan fingerprint density at radius 2 is 1.57 bits per heavy atom. The Hall–Kier alpha value is -3.77. The fraction of sp³-hybridized carbons (Fsp3) is 0.500. The number of aromatic amines is 1. The van der Waals surface area contributed by atoms with Crippen molar-refractivity contribution in [3.8, 4) is 11.3 Å². The van der Waals surface area contributed by atoms with Gasteiger partial charge in [-0.2, -0.15) is 0 Å². The largest absolute Gasteiger partial charge is 0.465 e. The predicted molar refractivity (Wildman–Crippen MR) is 140 cm³/mol. The Morgan fingerprint density at radius 3 is 2.19 bits per heavy atom. The maximum atomic E-state index is 13.8. The van der Waals surface area contributed by atoms with Crippen LogP contribution in [-0.2, 0) is 43.8 Å². The first-order chi connectivity index (χ1) is 20.4. The van der Waals surface area contributed by atoms with Gasteiger partial charge in [0.1, 0.15) is 17.1 Å². The lowest BCUT2D eigenvalue weighted by atomic mass is 9.85. The van der Waals surface area contributed by atoms with Gasteiger partial charge < -0.3 is 43.9 Å². The van der Waals surface area contributed by atoms with Gasteiger partial charge in [-0.05, 0) is 12.1 Å². The van der Waals surface area contributed by atoms with E-state index < -0.39 is 29.4 Å². The summed E-state index contributed by atoms with van der Waals surface area (Å²) in [7, 11) is 2.33. The molecule has 1 amide bonds. The minimum absolute atomic E-state index is 0.00792. The van der Waals surface area contributed by atoms with Gasteiger partial charge in [-0.3, -0.25) is 14.4 Å². The highest BCUT2D eigenvalue weighted by Crippen LogP contribution is 2.47. The van der Waals surface area contributed by atoms with Crippen molar-refractivity contribution in [2.75, 3.05) is 80.2 Å². The molecular formula is C26H32N4O12. The highest BCUT2D eigenvalue weighted by Gasteiger charge is 2.54. The van der Waals surface area contributed by atoms with Crippen molar-refractivity contribution in [1.82, 2.24) is 15.4 Å². The van der Waals surface area contributed by atoms with Crippen molar-refractivity contribution in [3.05, 3.63) is 40.3 Å². The SMILES string of the molecule is COC(=O)c1cc2c([nH]1)-c1c(C(=O)OC)cc(C(=O)NOCCOCCOCCOCCN)nc1C(=O)C21OCCO1. The number of H-pyrrole nitrogens is 1. The number of hydroxylamine groups is 1. The minimum atomic E-state index is -1.93. The van der Waals surface area contributed by atoms with E-state index in [1.807, 2.05) is 0 Å². The van der Waals surface area contributed by atoms with Crippen LogP contribution in [0.4, 0.5) is 0 Å². The molecule has 42 heavy (non-hydrogen) atoms. The zero-order valence-corrected chi connectivity index (χ0v) is 23.1. The standard InChI is InChI=1S/C26H32N4O12/c1-35-24(33)15-13-17(23(32)30-42-12-9-39-8-7-38-6-5-37-4-3-27)28-21-19(15)20-16(14-18(29-20)25(34)36-2)26(22(21)31)40-10-11-41-26/h13-14,29H,3-12,27H2,1-2H3,(H,30,32). The lowest BCUT2D eigenvalue weighted by Gasteiger charge is -2.31. The van der Waals surface area contributed by atoms with Crippen LogP contribution in [0, 0.1) is 0 Å². The Kier molecular flexibility index (Phi) is 10.7. The molecule has 1 saturated heterocycles. The van der Waals surface area contributed by atoms with E-state index in [-0.39, 0.29) is 65.9 Å². The number of fused-ring (bicyclic) bond motifs is 4. The second-order valence-electron chi connectivity index (χ2n) is 8.78. The number of esters is 2. The number of Topliss-reactive ketones (excluding diaryl/α,β-unsaturated/α-hetero) is 1. The molecule has 0 bridgehead atoms. The first-order valence-corrected chi connectivity index (χ1v) is 13.0. The molecule has 2 aromatic rings. The topological polar surface area (TPSA) is 209 Å². The summed E-state index contributed by atoms with van der Waals surface area (Å²) in [6.45, 7) is 2.71. The molecule has 0 radical (unpaired) electrons.